The number of amides is 1. The average Bonchev–Trinajstić information content (AvgIpc) is 2.53. The van der Waals surface area contributed by atoms with Crippen LogP contribution in [0.2, 0.25) is 5.02 Å². The number of benzene rings is 1. The van der Waals surface area contributed by atoms with Crippen molar-refractivity contribution in [3.8, 4) is 0 Å². The van der Waals surface area contributed by atoms with E-state index in [0.29, 0.717) is 19.5 Å². The maximum Gasteiger partial charge on any atom is 0.222 e. The number of carbonyl (C=O) groups excluding carboxylic acids is 1. The zero-order chi connectivity index (χ0) is 17.9. The maximum atomic E-state index is 11.8. The monoisotopic (exact) mass is 352 g/mol. The molecule has 0 saturated heterocycles. The molecule has 0 aromatic heterocycles. The molecule has 0 heterocycles. The Bertz CT molecular complexity index is 548. The van der Waals surface area contributed by atoms with Gasteiger partial charge in [0, 0.05) is 37.6 Å². The van der Waals surface area contributed by atoms with E-state index in [1.807, 2.05) is 50.1 Å². The highest BCUT2D eigenvalue weighted by atomic mass is 35.5. The first kappa shape index (κ1) is 20.3. The largest absolute Gasteiger partial charge is 0.357 e. The van der Waals surface area contributed by atoms with E-state index < -0.39 is 0 Å². The van der Waals surface area contributed by atoms with Gasteiger partial charge in [-0.05, 0) is 38.0 Å². The van der Waals surface area contributed by atoms with Crippen molar-refractivity contribution in [3.63, 3.8) is 0 Å². The number of nitrogens with one attached hydrogen (secondary N) is 2. The molecule has 134 valence electrons. The Kier molecular flexibility index (Phi) is 9.23. The molecule has 24 heavy (non-hydrogen) atoms. The van der Waals surface area contributed by atoms with Crippen LogP contribution in [0.5, 0.6) is 0 Å². The lowest BCUT2D eigenvalue weighted by Crippen LogP contribution is -2.39. The average molecular weight is 353 g/mol. The molecular formula is C18H29ClN4O. The van der Waals surface area contributed by atoms with Crippen LogP contribution >= 0.6 is 11.6 Å². The van der Waals surface area contributed by atoms with E-state index in [0.717, 1.165) is 29.5 Å². The van der Waals surface area contributed by atoms with Crippen molar-refractivity contribution in [1.29, 1.82) is 0 Å². The highest BCUT2D eigenvalue weighted by Crippen LogP contribution is 2.12. The molecule has 0 saturated carbocycles. The third-order valence-corrected chi connectivity index (χ3v) is 3.86. The zero-order valence-electron chi connectivity index (χ0n) is 15.1. The number of guanidine groups is 1. The van der Waals surface area contributed by atoms with Crippen LogP contribution in [0.4, 0.5) is 0 Å². The normalized spacial score (nSPS) is 12.6. The van der Waals surface area contributed by atoms with Gasteiger partial charge in [-0.1, -0.05) is 30.7 Å². The fourth-order valence-corrected chi connectivity index (χ4v) is 2.38. The van der Waals surface area contributed by atoms with Gasteiger partial charge < -0.3 is 15.5 Å². The van der Waals surface area contributed by atoms with Gasteiger partial charge in [0.25, 0.3) is 0 Å². The highest BCUT2D eigenvalue weighted by molar-refractivity contribution is 6.30. The minimum absolute atomic E-state index is 0.0430. The predicted octanol–water partition coefficient (Wildman–Crippen LogP) is 3.04. The van der Waals surface area contributed by atoms with E-state index in [4.69, 9.17) is 11.6 Å². The standard InChI is InChI=1S/C18H29ClN4O/c1-5-14(3)22-17(24)10-11-21-18(20-6-2)23(4)13-15-8-7-9-16(19)12-15/h7-9,12,14H,5-6,10-11,13H2,1-4H3,(H,20,21)(H,22,24). The molecule has 0 radical (unpaired) electrons. The molecule has 1 unspecified atom stereocenters. The smallest absolute Gasteiger partial charge is 0.222 e. The molecule has 0 aliphatic carbocycles. The number of halogens is 1. The van der Waals surface area contributed by atoms with Crippen molar-refractivity contribution >= 4 is 23.5 Å². The van der Waals surface area contributed by atoms with Crippen LogP contribution in [0.1, 0.15) is 39.2 Å². The Hall–Kier alpha value is -1.75. The minimum Gasteiger partial charge on any atom is -0.357 e. The lowest BCUT2D eigenvalue weighted by molar-refractivity contribution is -0.121. The molecule has 1 aromatic carbocycles. The lowest BCUT2D eigenvalue weighted by atomic mass is 10.2. The third-order valence-electron chi connectivity index (χ3n) is 3.63. The third kappa shape index (κ3) is 7.68. The summed E-state index contributed by atoms with van der Waals surface area (Å²) in [5.74, 6) is 0.829. The number of carbonyl (C=O) groups is 1. The number of aliphatic imine (C=N–C) groups is 1. The van der Waals surface area contributed by atoms with Crippen LogP contribution in [-0.2, 0) is 11.3 Å². The Morgan fingerprint density at radius 1 is 1.38 bits per heavy atom. The zero-order valence-corrected chi connectivity index (χ0v) is 15.9. The van der Waals surface area contributed by atoms with Crippen molar-refractivity contribution in [1.82, 2.24) is 15.5 Å². The predicted molar refractivity (Wildman–Crippen MR) is 101 cm³/mol. The summed E-state index contributed by atoms with van der Waals surface area (Å²) < 4.78 is 0. The molecule has 1 atom stereocenters. The highest BCUT2D eigenvalue weighted by Gasteiger charge is 2.08. The van der Waals surface area contributed by atoms with Gasteiger partial charge in [-0.2, -0.15) is 0 Å². The number of rotatable bonds is 8. The topological polar surface area (TPSA) is 56.7 Å². The Balaban J connectivity index is 2.59. The number of nitrogens with zero attached hydrogens (tertiary/aromatic N) is 2. The summed E-state index contributed by atoms with van der Waals surface area (Å²) in [5, 5.41) is 6.93. The van der Waals surface area contributed by atoms with Gasteiger partial charge in [0.05, 0.1) is 6.54 Å². The van der Waals surface area contributed by atoms with Crippen molar-refractivity contribution in [2.45, 2.75) is 46.2 Å². The molecule has 6 heteroatoms. The summed E-state index contributed by atoms with van der Waals surface area (Å²) in [6, 6.07) is 7.99. The first-order valence-electron chi connectivity index (χ1n) is 8.49. The van der Waals surface area contributed by atoms with E-state index in [1.165, 1.54) is 0 Å². The van der Waals surface area contributed by atoms with Gasteiger partial charge in [-0.3, -0.25) is 9.79 Å². The van der Waals surface area contributed by atoms with Crippen LogP contribution in [-0.4, -0.2) is 42.9 Å². The van der Waals surface area contributed by atoms with Crippen molar-refractivity contribution in [3.05, 3.63) is 34.9 Å². The summed E-state index contributed by atoms with van der Waals surface area (Å²) in [5.41, 5.74) is 1.12. The summed E-state index contributed by atoms with van der Waals surface area (Å²) in [4.78, 5) is 18.4. The second kappa shape index (κ2) is 10.9. The lowest BCUT2D eigenvalue weighted by Gasteiger charge is -2.22. The molecule has 1 aromatic rings. The van der Waals surface area contributed by atoms with Gasteiger partial charge in [-0.15, -0.1) is 0 Å². The summed E-state index contributed by atoms with van der Waals surface area (Å²) >= 11 is 6.03. The quantitative estimate of drug-likeness (QED) is 0.558. The van der Waals surface area contributed by atoms with Crippen LogP contribution in [0.3, 0.4) is 0 Å². The maximum absolute atomic E-state index is 11.8. The summed E-state index contributed by atoms with van der Waals surface area (Å²) in [6.45, 7) is 8.02. The van der Waals surface area contributed by atoms with E-state index in [1.54, 1.807) is 0 Å². The van der Waals surface area contributed by atoms with Crippen molar-refractivity contribution in [2.75, 3.05) is 20.1 Å². The Morgan fingerprint density at radius 2 is 2.12 bits per heavy atom. The molecule has 5 nitrogen and oxygen atoms in total. The minimum atomic E-state index is 0.0430. The van der Waals surface area contributed by atoms with Crippen molar-refractivity contribution < 1.29 is 4.79 Å². The van der Waals surface area contributed by atoms with Crippen LogP contribution in [0, 0.1) is 0 Å². The second-order valence-electron chi connectivity index (χ2n) is 5.85. The van der Waals surface area contributed by atoms with Crippen molar-refractivity contribution in [2.24, 2.45) is 4.99 Å². The van der Waals surface area contributed by atoms with Gasteiger partial charge in [0.15, 0.2) is 5.96 Å². The molecule has 0 bridgehead atoms. The fraction of sp³-hybridized carbons (Fsp3) is 0.556. The van der Waals surface area contributed by atoms with Gasteiger partial charge >= 0.3 is 0 Å². The van der Waals surface area contributed by atoms with Gasteiger partial charge in [0.2, 0.25) is 5.91 Å². The Labute approximate surface area is 150 Å². The van der Waals surface area contributed by atoms with E-state index >= 15 is 0 Å². The summed E-state index contributed by atoms with van der Waals surface area (Å²) in [6.07, 6.45) is 1.32. The van der Waals surface area contributed by atoms with Gasteiger partial charge in [0.1, 0.15) is 0 Å². The summed E-state index contributed by atoms with van der Waals surface area (Å²) in [7, 11) is 1.97. The molecular weight excluding hydrogens is 324 g/mol. The molecule has 0 aliphatic heterocycles. The number of hydrogen-bond donors (Lipinski definition) is 2. The van der Waals surface area contributed by atoms with Gasteiger partial charge in [-0.25, -0.2) is 0 Å². The molecule has 0 fully saturated rings. The van der Waals surface area contributed by atoms with E-state index in [9.17, 15) is 4.79 Å². The number of hydrogen-bond acceptors (Lipinski definition) is 2. The first-order chi connectivity index (χ1) is 11.5. The van der Waals surface area contributed by atoms with Crippen LogP contribution < -0.4 is 10.6 Å². The molecule has 2 N–H and O–H groups in total. The fourth-order valence-electron chi connectivity index (χ4n) is 2.17. The Morgan fingerprint density at radius 3 is 2.75 bits per heavy atom. The van der Waals surface area contributed by atoms with E-state index in [-0.39, 0.29) is 11.9 Å². The SMILES string of the molecule is CCNC(=NCCC(=O)NC(C)CC)N(C)Cc1cccc(Cl)c1. The molecule has 1 amide bonds. The second-order valence-corrected chi connectivity index (χ2v) is 6.28. The molecule has 0 aliphatic rings. The molecule has 0 spiro atoms. The van der Waals surface area contributed by atoms with Crippen LogP contribution in [0.15, 0.2) is 29.3 Å². The van der Waals surface area contributed by atoms with Crippen LogP contribution in [0.25, 0.3) is 0 Å². The van der Waals surface area contributed by atoms with E-state index in [2.05, 4.69) is 22.5 Å². The first-order valence-corrected chi connectivity index (χ1v) is 8.87. The molecule has 1 rings (SSSR count).